The van der Waals surface area contributed by atoms with Crippen molar-refractivity contribution >= 4 is 20.9 Å². The number of hydrogen-bond donors (Lipinski definition) is 1. The van der Waals surface area contributed by atoms with Gasteiger partial charge >= 0.3 is 0 Å². The highest BCUT2D eigenvalue weighted by molar-refractivity contribution is 7.90. The minimum Gasteiger partial charge on any atom is -0.240 e. The Hall–Kier alpha value is -4.22. The predicted octanol–water partition coefficient (Wildman–Crippen LogP) is 3.46. The maximum Gasteiger partial charge on any atom is 0.268 e. The van der Waals surface area contributed by atoms with Crippen molar-refractivity contribution in [2.75, 3.05) is 0 Å². The van der Waals surface area contributed by atoms with E-state index in [2.05, 4.69) is 32.5 Å². The molecule has 2 heterocycles. The van der Waals surface area contributed by atoms with E-state index in [0.29, 0.717) is 16.9 Å². The number of hydrogen-bond acceptors (Lipinski definition) is 5. The third kappa shape index (κ3) is 3.47. The molecule has 0 spiro atoms. The van der Waals surface area contributed by atoms with Crippen molar-refractivity contribution in [2.24, 2.45) is 0 Å². The number of benzene rings is 3. The first-order valence-electron chi connectivity index (χ1n) is 9.39. The van der Waals surface area contributed by atoms with Gasteiger partial charge in [0.1, 0.15) is 0 Å². The Morgan fingerprint density at radius 3 is 2.48 bits per heavy atom. The van der Waals surface area contributed by atoms with Crippen LogP contribution < -0.4 is 0 Å². The molecule has 0 unspecified atom stereocenters. The van der Waals surface area contributed by atoms with E-state index in [4.69, 9.17) is 0 Å². The summed E-state index contributed by atoms with van der Waals surface area (Å²) in [6.45, 7) is 0. The lowest BCUT2D eigenvalue weighted by Crippen LogP contribution is -2.11. The van der Waals surface area contributed by atoms with Crippen LogP contribution in [0.2, 0.25) is 0 Å². The van der Waals surface area contributed by atoms with Gasteiger partial charge in [-0.2, -0.15) is 5.21 Å². The minimum atomic E-state index is -3.74. The number of rotatable bonds is 3. The molecule has 0 fully saturated rings. The molecule has 0 bridgehead atoms. The number of aromatic nitrogens is 5. The van der Waals surface area contributed by atoms with Gasteiger partial charge in [0, 0.05) is 22.7 Å². The SMILES string of the molecule is O=S(=O)(c1ccccc1)n1cc(C#Cc2cccc(-c3nn[nH]n3)c2)c2ccccc21. The van der Waals surface area contributed by atoms with Gasteiger partial charge in [0.25, 0.3) is 10.0 Å². The number of H-pyrrole nitrogens is 1. The summed E-state index contributed by atoms with van der Waals surface area (Å²) in [4.78, 5) is 0.225. The minimum absolute atomic E-state index is 0.225. The van der Waals surface area contributed by atoms with Crippen LogP contribution in [0, 0.1) is 11.8 Å². The van der Waals surface area contributed by atoms with Crippen LogP contribution in [0.3, 0.4) is 0 Å². The Balaban J connectivity index is 1.60. The summed E-state index contributed by atoms with van der Waals surface area (Å²) >= 11 is 0. The molecule has 8 heteroatoms. The van der Waals surface area contributed by atoms with Gasteiger partial charge in [-0.3, -0.25) is 0 Å². The van der Waals surface area contributed by atoms with Crippen molar-refractivity contribution in [1.29, 1.82) is 0 Å². The zero-order valence-electron chi connectivity index (χ0n) is 16.1. The lowest BCUT2D eigenvalue weighted by molar-refractivity contribution is 0.589. The Bertz CT molecular complexity index is 1540. The van der Waals surface area contributed by atoms with Gasteiger partial charge < -0.3 is 0 Å². The third-order valence-corrected chi connectivity index (χ3v) is 6.47. The van der Waals surface area contributed by atoms with Crippen molar-refractivity contribution in [1.82, 2.24) is 24.6 Å². The van der Waals surface area contributed by atoms with Crippen LogP contribution in [-0.2, 0) is 10.0 Å². The average molecular weight is 425 g/mol. The second kappa shape index (κ2) is 7.55. The summed E-state index contributed by atoms with van der Waals surface area (Å²) in [6.07, 6.45) is 1.57. The zero-order valence-corrected chi connectivity index (χ0v) is 16.9. The summed E-state index contributed by atoms with van der Waals surface area (Å²) in [6, 6.07) is 23.1. The molecule has 0 aliphatic carbocycles. The molecule has 2 aromatic heterocycles. The first-order valence-corrected chi connectivity index (χ1v) is 10.8. The van der Waals surface area contributed by atoms with Gasteiger partial charge in [-0.1, -0.05) is 60.4 Å². The molecule has 5 rings (SSSR count). The fraction of sp³-hybridized carbons (Fsp3) is 0. The van der Waals surface area contributed by atoms with Crippen molar-refractivity contribution in [2.45, 2.75) is 4.90 Å². The van der Waals surface area contributed by atoms with Gasteiger partial charge in [-0.05, 0) is 35.5 Å². The number of tetrazole rings is 1. The van der Waals surface area contributed by atoms with Crippen LogP contribution in [0.15, 0.2) is 90.0 Å². The molecule has 5 aromatic rings. The molecule has 0 atom stereocenters. The summed E-state index contributed by atoms with van der Waals surface area (Å²) < 4.78 is 27.7. The normalized spacial score (nSPS) is 11.2. The van der Waals surface area contributed by atoms with E-state index in [1.165, 1.54) is 3.97 Å². The highest BCUT2D eigenvalue weighted by Gasteiger charge is 2.20. The van der Waals surface area contributed by atoms with E-state index in [9.17, 15) is 8.42 Å². The van der Waals surface area contributed by atoms with Crippen LogP contribution >= 0.6 is 0 Å². The predicted molar refractivity (Wildman–Crippen MR) is 117 cm³/mol. The Kier molecular flexibility index (Phi) is 4.58. The number of nitrogens with zero attached hydrogens (tertiary/aromatic N) is 4. The van der Waals surface area contributed by atoms with Crippen molar-refractivity contribution in [3.8, 4) is 23.2 Å². The highest BCUT2D eigenvalue weighted by atomic mass is 32.2. The number of nitrogens with one attached hydrogen (secondary N) is 1. The van der Waals surface area contributed by atoms with E-state index in [1.54, 1.807) is 42.6 Å². The highest BCUT2D eigenvalue weighted by Crippen LogP contribution is 2.25. The maximum absolute atomic E-state index is 13.2. The summed E-state index contributed by atoms with van der Waals surface area (Å²) in [5.41, 5.74) is 2.75. The van der Waals surface area contributed by atoms with Gasteiger partial charge in [-0.25, -0.2) is 12.4 Å². The van der Waals surface area contributed by atoms with Crippen LogP contribution in [0.4, 0.5) is 0 Å². The van der Waals surface area contributed by atoms with E-state index in [-0.39, 0.29) is 4.90 Å². The largest absolute Gasteiger partial charge is 0.268 e. The third-order valence-electron chi connectivity index (χ3n) is 4.79. The summed E-state index contributed by atoms with van der Waals surface area (Å²) in [5, 5.41) is 14.7. The van der Waals surface area contributed by atoms with Crippen LogP contribution in [0.5, 0.6) is 0 Å². The molecular weight excluding hydrogens is 410 g/mol. The topological polar surface area (TPSA) is 93.5 Å². The molecule has 0 saturated carbocycles. The molecular formula is C23H15N5O2S. The van der Waals surface area contributed by atoms with E-state index in [1.807, 2.05) is 42.5 Å². The second-order valence-electron chi connectivity index (χ2n) is 6.74. The average Bonchev–Trinajstić information content (AvgIpc) is 3.47. The molecule has 150 valence electrons. The van der Waals surface area contributed by atoms with Crippen molar-refractivity contribution < 1.29 is 8.42 Å². The van der Waals surface area contributed by atoms with Crippen LogP contribution in [0.25, 0.3) is 22.3 Å². The van der Waals surface area contributed by atoms with Gasteiger partial charge in [0.05, 0.1) is 16.0 Å². The van der Waals surface area contributed by atoms with E-state index in [0.717, 1.165) is 16.5 Å². The fourth-order valence-electron chi connectivity index (χ4n) is 3.31. The first kappa shape index (κ1) is 18.8. The smallest absolute Gasteiger partial charge is 0.240 e. The Morgan fingerprint density at radius 1 is 0.871 bits per heavy atom. The van der Waals surface area contributed by atoms with Gasteiger partial charge in [0.15, 0.2) is 0 Å². The molecule has 1 N–H and O–H groups in total. The lowest BCUT2D eigenvalue weighted by Gasteiger charge is -2.06. The van der Waals surface area contributed by atoms with Crippen molar-refractivity contribution in [3.05, 3.63) is 96.2 Å². The van der Waals surface area contributed by atoms with E-state index < -0.39 is 10.0 Å². The molecule has 0 saturated heterocycles. The second-order valence-corrected chi connectivity index (χ2v) is 8.55. The zero-order chi connectivity index (χ0) is 21.3. The molecule has 0 aliphatic heterocycles. The number of para-hydroxylation sites is 1. The van der Waals surface area contributed by atoms with Crippen LogP contribution in [0.1, 0.15) is 11.1 Å². The number of fused-ring (bicyclic) bond motifs is 1. The molecule has 31 heavy (non-hydrogen) atoms. The maximum atomic E-state index is 13.2. The molecule has 0 amide bonds. The molecule has 3 aromatic carbocycles. The molecule has 7 nitrogen and oxygen atoms in total. The van der Waals surface area contributed by atoms with Gasteiger partial charge in [0.2, 0.25) is 5.82 Å². The lowest BCUT2D eigenvalue weighted by atomic mass is 10.1. The molecule has 0 aliphatic rings. The first-order chi connectivity index (χ1) is 15.1. The van der Waals surface area contributed by atoms with Gasteiger partial charge in [-0.15, -0.1) is 10.2 Å². The number of aromatic amines is 1. The quantitative estimate of drug-likeness (QED) is 0.447. The monoisotopic (exact) mass is 425 g/mol. The van der Waals surface area contributed by atoms with Crippen LogP contribution in [-0.4, -0.2) is 33.0 Å². The Morgan fingerprint density at radius 2 is 1.68 bits per heavy atom. The van der Waals surface area contributed by atoms with E-state index >= 15 is 0 Å². The summed E-state index contributed by atoms with van der Waals surface area (Å²) in [5.74, 6) is 6.72. The Labute approximate surface area is 178 Å². The fourth-order valence-corrected chi connectivity index (χ4v) is 4.70. The molecule has 0 radical (unpaired) electrons. The standard InChI is InChI=1S/C23H15N5O2S/c29-31(30,20-9-2-1-3-10-20)28-16-19(21-11-4-5-12-22(21)28)14-13-17-7-6-8-18(15-17)23-24-26-27-25-23/h1-12,15-16H,(H,24,25,26,27). The van der Waals surface area contributed by atoms with Crippen molar-refractivity contribution in [3.63, 3.8) is 0 Å². The summed E-state index contributed by atoms with van der Waals surface area (Å²) in [7, 11) is -3.74.